The van der Waals surface area contributed by atoms with Gasteiger partial charge >= 0.3 is 5.97 Å². The van der Waals surface area contributed by atoms with E-state index in [9.17, 15) is 4.79 Å². The zero-order valence-corrected chi connectivity index (χ0v) is 7.86. The van der Waals surface area contributed by atoms with Crippen molar-refractivity contribution in [3.8, 4) is 0 Å². The molecular weight excluding hydrogens is 182 g/mol. The molecule has 1 fully saturated rings. The summed E-state index contributed by atoms with van der Waals surface area (Å²) in [5, 5.41) is 0. The molecule has 0 unspecified atom stereocenters. The molecule has 1 aliphatic heterocycles. The van der Waals surface area contributed by atoms with Gasteiger partial charge in [0.25, 0.3) is 0 Å². The van der Waals surface area contributed by atoms with Crippen LogP contribution in [0.1, 0.15) is 12.8 Å². The van der Waals surface area contributed by atoms with Crippen LogP contribution < -0.4 is 5.73 Å². The Morgan fingerprint density at radius 1 is 1.50 bits per heavy atom. The summed E-state index contributed by atoms with van der Waals surface area (Å²) in [5.41, 5.74) is 4.96. The van der Waals surface area contributed by atoms with Crippen LogP contribution in [0.25, 0.3) is 0 Å². The number of hydrogen-bond donors (Lipinski definition) is 1. The smallest absolute Gasteiger partial charge is 0.326 e. The van der Waals surface area contributed by atoms with Crippen molar-refractivity contribution in [2.24, 2.45) is 5.73 Å². The summed E-state index contributed by atoms with van der Waals surface area (Å²) in [4.78, 5) is 11.1. The molecule has 0 aromatic carbocycles. The van der Waals surface area contributed by atoms with E-state index in [4.69, 9.17) is 10.5 Å². The predicted octanol–water partition coefficient (Wildman–Crippen LogP) is 0.0891. The van der Waals surface area contributed by atoms with Gasteiger partial charge in [-0.3, -0.25) is 4.79 Å². The Morgan fingerprint density at radius 2 is 2.00 bits per heavy atom. The third kappa shape index (κ3) is 2.33. The summed E-state index contributed by atoms with van der Waals surface area (Å²) < 4.78 is 9.64. The second-order valence-electron chi connectivity index (χ2n) is 2.76. The van der Waals surface area contributed by atoms with Gasteiger partial charge in [-0.2, -0.15) is 0 Å². The normalized spacial score (nSPS) is 20.8. The van der Waals surface area contributed by atoms with Crippen LogP contribution >= 0.6 is 12.4 Å². The van der Waals surface area contributed by atoms with Gasteiger partial charge in [0, 0.05) is 13.2 Å². The number of methoxy groups -OCH3 is 1. The number of esters is 1. The molecule has 1 rings (SSSR count). The van der Waals surface area contributed by atoms with Gasteiger partial charge in [-0.25, -0.2) is 0 Å². The summed E-state index contributed by atoms with van der Waals surface area (Å²) in [5.74, 6) is -0.333. The number of carbonyl (C=O) groups excluding carboxylic acids is 1. The van der Waals surface area contributed by atoms with Gasteiger partial charge in [0.1, 0.15) is 5.54 Å². The van der Waals surface area contributed by atoms with E-state index in [1.54, 1.807) is 0 Å². The first-order chi connectivity index (χ1) is 5.19. The summed E-state index contributed by atoms with van der Waals surface area (Å²) in [6, 6.07) is 0. The third-order valence-electron chi connectivity index (χ3n) is 1.98. The lowest BCUT2D eigenvalue weighted by Gasteiger charge is -2.29. The van der Waals surface area contributed by atoms with E-state index < -0.39 is 5.54 Å². The monoisotopic (exact) mass is 195 g/mol. The number of ether oxygens (including phenoxy) is 2. The second kappa shape index (κ2) is 4.64. The van der Waals surface area contributed by atoms with Crippen LogP contribution in [0.3, 0.4) is 0 Å². The zero-order valence-electron chi connectivity index (χ0n) is 7.04. The molecule has 0 aliphatic carbocycles. The summed E-state index contributed by atoms with van der Waals surface area (Å²) >= 11 is 0. The molecular formula is C7H14ClNO3. The molecule has 0 radical (unpaired) electrons. The first kappa shape index (κ1) is 11.7. The fraction of sp³-hybridized carbons (Fsp3) is 0.857. The minimum absolute atomic E-state index is 0. The molecule has 1 saturated heterocycles. The standard InChI is InChI=1S/C7H13NO3.ClH/c1-10-6(9)7(8)2-4-11-5-3-7;/h2-5,8H2,1H3;1H. The van der Waals surface area contributed by atoms with Crippen LogP contribution in [-0.2, 0) is 14.3 Å². The summed E-state index contributed by atoms with van der Waals surface area (Å²) in [6.07, 6.45) is 1.11. The van der Waals surface area contributed by atoms with Crippen molar-refractivity contribution in [3.63, 3.8) is 0 Å². The maximum atomic E-state index is 11.1. The Labute approximate surface area is 77.8 Å². The van der Waals surface area contributed by atoms with Gasteiger partial charge < -0.3 is 15.2 Å². The van der Waals surface area contributed by atoms with Crippen molar-refractivity contribution in [1.82, 2.24) is 0 Å². The largest absolute Gasteiger partial charge is 0.468 e. The van der Waals surface area contributed by atoms with Crippen molar-refractivity contribution < 1.29 is 14.3 Å². The van der Waals surface area contributed by atoms with E-state index in [0.29, 0.717) is 26.1 Å². The van der Waals surface area contributed by atoms with E-state index in [0.717, 1.165) is 0 Å². The molecule has 4 nitrogen and oxygen atoms in total. The van der Waals surface area contributed by atoms with Gasteiger partial charge in [-0.15, -0.1) is 12.4 Å². The van der Waals surface area contributed by atoms with Crippen molar-refractivity contribution in [2.75, 3.05) is 20.3 Å². The summed E-state index contributed by atoms with van der Waals surface area (Å²) in [7, 11) is 1.35. The van der Waals surface area contributed by atoms with Crippen molar-refractivity contribution >= 4 is 18.4 Å². The summed E-state index contributed by atoms with van der Waals surface area (Å²) in [6.45, 7) is 1.09. The van der Waals surface area contributed by atoms with Crippen LogP contribution in [0.5, 0.6) is 0 Å². The second-order valence-corrected chi connectivity index (χ2v) is 2.76. The highest BCUT2D eigenvalue weighted by molar-refractivity contribution is 5.85. The topological polar surface area (TPSA) is 61.5 Å². The molecule has 1 heterocycles. The maximum absolute atomic E-state index is 11.1. The number of halogens is 1. The predicted molar refractivity (Wildman–Crippen MR) is 46.2 cm³/mol. The maximum Gasteiger partial charge on any atom is 0.326 e. The highest BCUT2D eigenvalue weighted by Gasteiger charge is 2.36. The molecule has 0 amide bonds. The highest BCUT2D eigenvalue weighted by atomic mass is 35.5. The molecule has 1 aliphatic rings. The zero-order chi connectivity index (χ0) is 8.32. The van der Waals surface area contributed by atoms with E-state index in [1.807, 2.05) is 0 Å². The van der Waals surface area contributed by atoms with E-state index >= 15 is 0 Å². The van der Waals surface area contributed by atoms with Gasteiger partial charge in [0.2, 0.25) is 0 Å². The first-order valence-corrected chi connectivity index (χ1v) is 3.64. The van der Waals surface area contributed by atoms with Crippen LogP contribution in [0.2, 0.25) is 0 Å². The molecule has 0 bridgehead atoms. The fourth-order valence-corrected chi connectivity index (χ4v) is 1.14. The Hall–Kier alpha value is -0.320. The molecule has 0 saturated carbocycles. The fourth-order valence-electron chi connectivity index (χ4n) is 1.14. The van der Waals surface area contributed by atoms with E-state index in [1.165, 1.54) is 7.11 Å². The Morgan fingerprint density at radius 3 is 2.42 bits per heavy atom. The lowest BCUT2D eigenvalue weighted by Crippen LogP contribution is -2.52. The first-order valence-electron chi connectivity index (χ1n) is 3.64. The average molecular weight is 196 g/mol. The van der Waals surface area contributed by atoms with Crippen LogP contribution in [0.15, 0.2) is 0 Å². The molecule has 2 N–H and O–H groups in total. The Bertz CT molecular complexity index is 157. The number of carbonyl (C=O) groups is 1. The number of nitrogens with two attached hydrogens (primary N) is 1. The Kier molecular flexibility index (Phi) is 4.52. The van der Waals surface area contributed by atoms with Crippen LogP contribution in [0.4, 0.5) is 0 Å². The van der Waals surface area contributed by atoms with Crippen LogP contribution in [-0.4, -0.2) is 31.8 Å². The third-order valence-corrected chi connectivity index (χ3v) is 1.98. The number of rotatable bonds is 1. The van der Waals surface area contributed by atoms with Crippen LogP contribution in [0, 0.1) is 0 Å². The minimum Gasteiger partial charge on any atom is -0.468 e. The molecule has 72 valence electrons. The van der Waals surface area contributed by atoms with Gasteiger partial charge in [0.05, 0.1) is 7.11 Å². The number of hydrogen-bond acceptors (Lipinski definition) is 4. The van der Waals surface area contributed by atoms with Gasteiger partial charge in [-0.1, -0.05) is 0 Å². The van der Waals surface area contributed by atoms with E-state index in [-0.39, 0.29) is 18.4 Å². The van der Waals surface area contributed by atoms with Crippen molar-refractivity contribution in [3.05, 3.63) is 0 Å². The molecule has 0 aromatic heterocycles. The SMILES string of the molecule is COC(=O)C1(N)CCOCC1.Cl. The molecule has 0 spiro atoms. The average Bonchev–Trinajstić information content (AvgIpc) is 2.04. The highest BCUT2D eigenvalue weighted by Crippen LogP contribution is 2.18. The quantitative estimate of drug-likeness (QED) is 0.603. The minimum atomic E-state index is -0.799. The molecule has 5 heteroatoms. The Balaban J connectivity index is 0.00000121. The van der Waals surface area contributed by atoms with Crippen molar-refractivity contribution in [2.45, 2.75) is 18.4 Å². The molecule has 0 aromatic rings. The van der Waals surface area contributed by atoms with Gasteiger partial charge in [0.15, 0.2) is 0 Å². The molecule has 0 atom stereocenters. The molecule has 12 heavy (non-hydrogen) atoms. The van der Waals surface area contributed by atoms with Gasteiger partial charge in [-0.05, 0) is 12.8 Å². The lowest BCUT2D eigenvalue weighted by molar-refractivity contribution is -0.150. The lowest BCUT2D eigenvalue weighted by atomic mass is 9.92. The van der Waals surface area contributed by atoms with Crippen molar-refractivity contribution in [1.29, 1.82) is 0 Å². The van der Waals surface area contributed by atoms with E-state index in [2.05, 4.69) is 4.74 Å².